The largest absolute Gasteiger partial charge is 0.493 e. The molecule has 2 amide bonds. The highest BCUT2D eigenvalue weighted by atomic mass is 127. The van der Waals surface area contributed by atoms with E-state index < -0.39 is 16.7 Å². The number of benzene rings is 2. The van der Waals surface area contributed by atoms with Gasteiger partial charge < -0.3 is 9.47 Å². The molecule has 1 heterocycles. The Bertz CT molecular complexity index is 1120. The maximum atomic E-state index is 12.6. The van der Waals surface area contributed by atoms with Crippen LogP contribution in [0.2, 0.25) is 0 Å². The number of hydrogen-bond acceptors (Lipinski definition) is 7. The van der Waals surface area contributed by atoms with E-state index in [1.165, 1.54) is 49.2 Å². The van der Waals surface area contributed by atoms with Gasteiger partial charge in [0, 0.05) is 26.2 Å². The lowest BCUT2D eigenvalue weighted by atomic mass is 10.1. The van der Waals surface area contributed by atoms with Gasteiger partial charge in [-0.1, -0.05) is 0 Å². The van der Waals surface area contributed by atoms with Crippen LogP contribution in [0.25, 0.3) is 6.08 Å². The van der Waals surface area contributed by atoms with Crippen LogP contribution >= 0.6 is 34.8 Å². The number of carbonyl (C=O) groups excluding carboxylic acids is 2. The summed E-state index contributed by atoms with van der Waals surface area (Å²) < 4.78 is 12.0. The molecule has 1 aliphatic rings. The van der Waals surface area contributed by atoms with Crippen LogP contribution in [0.5, 0.6) is 11.5 Å². The molecule has 1 saturated heterocycles. The molecule has 0 aliphatic carbocycles. The molecule has 3 rings (SSSR count). The number of hydrogen-bond donors (Lipinski definition) is 0. The summed E-state index contributed by atoms with van der Waals surface area (Å²) in [7, 11) is 4.51. The Labute approximate surface area is 202 Å². The lowest BCUT2D eigenvalue weighted by molar-refractivity contribution is -0.384. The number of non-ortho nitro benzene ring substituents is 1. The summed E-state index contributed by atoms with van der Waals surface area (Å²) in [5, 5.41) is 10.9. The van der Waals surface area contributed by atoms with E-state index in [1.807, 2.05) is 0 Å². The first-order valence-corrected chi connectivity index (χ1v) is 10.7. The standard InChI is InChI=1S/C21H18IN3O6S/c1-23-19(26)15(20(27)24(2)21(23)32)8-13-9-16(22)18(17(10-13)30-3)31-11-12-4-6-14(7-5-12)25(28)29/h4-10H,11H2,1-3H3. The van der Waals surface area contributed by atoms with Crippen LogP contribution in [-0.4, -0.2) is 52.9 Å². The minimum atomic E-state index is -0.481. The Balaban J connectivity index is 1.87. The van der Waals surface area contributed by atoms with Gasteiger partial charge in [0.1, 0.15) is 12.2 Å². The molecule has 0 aromatic heterocycles. The van der Waals surface area contributed by atoms with Gasteiger partial charge in [-0.3, -0.25) is 29.5 Å². The number of carbonyl (C=O) groups is 2. The van der Waals surface area contributed by atoms with Crippen molar-refractivity contribution in [3.05, 3.63) is 66.8 Å². The minimum Gasteiger partial charge on any atom is -0.493 e. The highest BCUT2D eigenvalue weighted by Crippen LogP contribution is 2.35. The number of ether oxygens (including phenoxy) is 2. The van der Waals surface area contributed by atoms with Crippen LogP contribution in [0.3, 0.4) is 0 Å². The van der Waals surface area contributed by atoms with E-state index in [1.54, 1.807) is 24.3 Å². The molecule has 0 atom stereocenters. The fraction of sp³-hybridized carbons (Fsp3) is 0.190. The van der Waals surface area contributed by atoms with Gasteiger partial charge >= 0.3 is 0 Å². The van der Waals surface area contributed by atoms with E-state index >= 15 is 0 Å². The normalized spacial score (nSPS) is 14.0. The van der Waals surface area contributed by atoms with Crippen LogP contribution in [0, 0.1) is 13.7 Å². The van der Waals surface area contributed by atoms with E-state index in [0.717, 1.165) is 5.56 Å². The van der Waals surface area contributed by atoms with Crippen molar-refractivity contribution < 1.29 is 24.0 Å². The minimum absolute atomic E-state index is 0.00200. The smallest absolute Gasteiger partial charge is 0.269 e. The molecule has 0 N–H and O–H groups in total. The van der Waals surface area contributed by atoms with Crippen molar-refractivity contribution in [2.24, 2.45) is 0 Å². The summed E-state index contributed by atoms with van der Waals surface area (Å²) in [4.78, 5) is 37.9. The fourth-order valence-corrected chi connectivity index (χ4v) is 3.92. The molecule has 0 radical (unpaired) electrons. The Kier molecular flexibility index (Phi) is 7.09. The topological polar surface area (TPSA) is 102 Å². The molecular formula is C21H18IN3O6S. The van der Waals surface area contributed by atoms with Gasteiger partial charge in [-0.2, -0.15) is 0 Å². The zero-order chi connectivity index (χ0) is 23.6. The molecule has 0 spiro atoms. The summed E-state index contributed by atoms with van der Waals surface area (Å²) >= 11 is 7.17. The van der Waals surface area contributed by atoms with Crippen molar-refractivity contribution in [3.8, 4) is 11.5 Å². The predicted molar refractivity (Wildman–Crippen MR) is 129 cm³/mol. The number of thiocarbonyl (C=S) groups is 1. The van der Waals surface area contributed by atoms with Gasteiger partial charge in [-0.25, -0.2) is 0 Å². The maximum absolute atomic E-state index is 12.6. The summed E-state index contributed by atoms with van der Waals surface area (Å²) in [5.41, 5.74) is 1.32. The third kappa shape index (κ3) is 4.72. The van der Waals surface area contributed by atoms with Crippen LogP contribution in [0.15, 0.2) is 42.0 Å². The van der Waals surface area contributed by atoms with Gasteiger partial charge in [0.05, 0.1) is 15.6 Å². The second-order valence-corrected chi connectivity index (χ2v) is 8.34. The van der Waals surface area contributed by atoms with Crippen molar-refractivity contribution in [1.29, 1.82) is 0 Å². The first-order chi connectivity index (χ1) is 15.1. The average molecular weight is 567 g/mol. The van der Waals surface area contributed by atoms with Crippen molar-refractivity contribution in [2.45, 2.75) is 6.61 Å². The number of halogens is 1. The SMILES string of the molecule is COc1cc(C=C2C(=O)N(C)C(=S)N(C)C2=O)cc(I)c1OCc1ccc([N+](=O)[O-])cc1. The van der Waals surface area contributed by atoms with Gasteiger partial charge in [-0.15, -0.1) is 0 Å². The number of amides is 2. The molecule has 1 fully saturated rings. The molecule has 0 unspecified atom stereocenters. The first-order valence-electron chi connectivity index (χ1n) is 9.19. The molecule has 166 valence electrons. The molecule has 32 heavy (non-hydrogen) atoms. The number of nitro groups is 1. The number of nitrogens with zero attached hydrogens (tertiary/aromatic N) is 3. The molecule has 2 aromatic rings. The Morgan fingerprint density at radius 3 is 2.25 bits per heavy atom. The van der Waals surface area contributed by atoms with Crippen LogP contribution in [0.4, 0.5) is 5.69 Å². The van der Waals surface area contributed by atoms with E-state index in [4.69, 9.17) is 21.7 Å². The van der Waals surface area contributed by atoms with Crippen LogP contribution in [-0.2, 0) is 16.2 Å². The second kappa shape index (κ2) is 9.61. The first kappa shape index (κ1) is 23.6. The summed E-state index contributed by atoms with van der Waals surface area (Å²) in [6, 6.07) is 9.48. The zero-order valence-corrected chi connectivity index (χ0v) is 20.3. The van der Waals surface area contributed by atoms with E-state index in [2.05, 4.69) is 22.6 Å². The molecule has 0 bridgehead atoms. The average Bonchev–Trinajstić information content (AvgIpc) is 2.78. The number of nitro benzene ring substituents is 1. The molecule has 0 saturated carbocycles. The van der Waals surface area contributed by atoms with Crippen molar-refractivity contribution in [1.82, 2.24) is 9.80 Å². The summed E-state index contributed by atoms with van der Waals surface area (Å²) in [6.07, 6.45) is 1.49. The summed E-state index contributed by atoms with van der Waals surface area (Å²) in [5.74, 6) is -0.0694. The highest BCUT2D eigenvalue weighted by Gasteiger charge is 2.35. The van der Waals surface area contributed by atoms with Gasteiger partial charge in [-0.05, 0) is 76.3 Å². The number of likely N-dealkylation sites (N-methyl/N-ethyl adjacent to an activating group) is 2. The van der Waals surface area contributed by atoms with E-state index in [0.29, 0.717) is 20.6 Å². The molecule has 2 aromatic carbocycles. The van der Waals surface area contributed by atoms with E-state index in [-0.39, 0.29) is 23.0 Å². The molecule has 1 aliphatic heterocycles. The van der Waals surface area contributed by atoms with E-state index in [9.17, 15) is 19.7 Å². The fourth-order valence-electron chi connectivity index (χ4n) is 2.97. The quantitative estimate of drug-likeness (QED) is 0.132. The number of methoxy groups -OCH3 is 1. The van der Waals surface area contributed by atoms with Gasteiger partial charge in [0.15, 0.2) is 16.6 Å². The lowest BCUT2D eigenvalue weighted by Gasteiger charge is -2.31. The zero-order valence-electron chi connectivity index (χ0n) is 17.3. The van der Waals surface area contributed by atoms with Crippen LogP contribution < -0.4 is 9.47 Å². The third-order valence-electron chi connectivity index (χ3n) is 4.74. The number of rotatable bonds is 6. The molecule has 9 nitrogen and oxygen atoms in total. The monoisotopic (exact) mass is 567 g/mol. The maximum Gasteiger partial charge on any atom is 0.269 e. The second-order valence-electron chi connectivity index (χ2n) is 6.82. The Morgan fingerprint density at radius 1 is 1.12 bits per heavy atom. The van der Waals surface area contributed by atoms with Crippen molar-refractivity contribution in [3.63, 3.8) is 0 Å². The Hall–Kier alpha value is -3.06. The van der Waals surface area contributed by atoms with Crippen LogP contribution in [0.1, 0.15) is 11.1 Å². The lowest BCUT2D eigenvalue weighted by Crippen LogP contribution is -2.52. The third-order valence-corrected chi connectivity index (χ3v) is 6.09. The van der Waals surface area contributed by atoms with Gasteiger partial charge in [0.2, 0.25) is 0 Å². The summed E-state index contributed by atoms with van der Waals surface area (Å²) in [6.45, 7) is 0.175. The van der Waals surface area contributed by atoms with Gasteiger partial charge in [0.25, 0.3) is 17.5 Å². The predicted octanol–water partition coefficient (Wildman–Crippen LogP) is 3.39. The molecule has 11 heteroatoms. The highest BCUT2D eigenvalue weighted by molar-refractivity contribution is 14.1. The van der Waals surface area contributed by atoms with Crippen molar-refractivity contribution in [2.75, 3.05) is 21.2 Å². The van der Waals surface area contributed by atoms with Crippen molar-refractivity contribution >= 4 is 63.5 Å². The Morgan fingerprint density at radius 2 is 1.72 bits per heavy atom. The molecular weight excluding hydrogens is 549 g/mol.